The van der Waals surface area contributed by atoms with Crippen LogP contribution < -0.4 is 10.6 Å². The maximum Gasteiger partial charge on any atom is 0.254 e. The summed E-state index contributed by atoms with van der Waals surface area (Å²) in [5.74, 6) is -0.152. The average molecular weight is 247 g/mol. The summed E-state index contributed by atoms with van der Waals surface area (Å²) in [4.78, 5) is 15.9. The number of fused-ring (bicyclic) bond motifs is 1. The first-order chi connectivity index (χ1) is 8.83. The summed E-state index contributed by atoms with van der Waals surface area (Å²) in [7, 11) is 0. The van der Waals surface area contributed by atoms with Crippen LogP contribution in [0.2, 0.25) is 0 Å². The normalized spacial score (nSPS) is 19.9. The SMILES string of the molecule is O=C(Nc1ccc2ncoc2c1)C1CNCCO1. The highest BCUT2D eigenvalue weighted by atomic mass is 16.5. The second kappa shape index (κ2) is 4.75. The minimum atomic E-state index is -0.441. The van der Waals surface area contributed by atoms with Crippen molar-refractivity contribution >= 4 is 22.7 Å². The van der Waals surface area contributed by atoms with Gasteiger partial charge in [0.2, 0.25) is 0 Å². The fourth-order valence-corrected chi connectivity index (χ4v) is 1.89. The smallest absolute Gasteiger partial charge is 0.254 e. The third-order valence-corrected chi connectivity index (χ3v) is 2.82. The third kappa shape index (κ3) is 2.20. The van der Waals surface area contributed by atoms with Crippen LogP contribution in [0.4, 0.5) is 5.69 Å². The van der Waals surface area contributed by atoms with Gasteiger partial charge in [0, 0.05) is 24.8 Å². The number of morpholine rings is 1. The monoisotopic (exact) mass is 247 g/mol. The maximum atomic E-state index is 11.9. The average Bonchev–Trinajstić information content (AvgIpc) is 2.87. The molecule has 1 saturated heterocycles. The molecule has 0 saturated carbocycles. The molecule has 6 nitrogen and oxygen atoms in total. The summed E-state index contributed by atoms with van der Waals surface area (Å²) < 4.78 is 10.6. The Morgan fingerprint density at radius 1 is 1.50 bits per heavy atom. The summed E-state index contributed by atoms with van der Waals surface area (Å²) >= 11 is 0. The predicted molar refractivity (Wildman–Crippen MR) is 65.2 cm³/mol. The van der Waals surface area contributed by atoms with Gasteiger partial charge in [-0.25, -0.2) is 4.98 Å². The first-order valence-electron chi connectivity index (χ1n) is 5.79. The standard InChI is InChI=1S/C12H13N3O3/c16-12(11-6-13-3-4-17-11)15-8-1-2-9-10(5-8)18-7-14-9/h1-2,5,7,11,13H,3-4,6H2,(H,15,16). The van der Waals surface area contributed by atoms with E-state index >= 15 is 0 Å². The Bertz CT molecular complexity index is 560. The Labute approximate surface area is 103 Å². The van der Waals surface area contributed by atoms with Gasteiger partial charge in [-0.3, -0.25) is 4.79 Å². The van der Waals surface area contributed by atoms with Gasteiger partial charge in [-0.2, -0.15) is 0 Å². The minimum Gasteiger partial charge on any atom is -0.443 e. The number of hydrogen-bond acceptors (Lipinski definition) is 5. The summed E-state index contributed by atoms with van der Waals surface area (Å²) in [6, 6.07) is 5.34. The molecule has 0 bridgehead atoms. The van der Waals surface area contributed by atoms with Crippen molar-refractivity contribution in [2.45, 2.75) is 6.10 Å². The fraction of sp³-hybridized carbons (Fsp3) is 0.333. The maximum absolute atomic E-state index is 11.9. The zero-order valence-corrected chi connectivity index (χ0v) is 9.68. The lowest BCUT2D eigenvalue weighted by Crippen LogP contribution is -2.45. The van der Waals surface area contributed by atoms with Crippen molar-refractivity contribution < 1.29 is 13.9 Å². The lowest BCUT2D eigenvalue weighted by Gasteiger charge is -2.22. The van der Waals surface area contributed by atoms with Crippen LogP contribution in [0, 0.1) is 0 Å². The molecule has 1 aromatic heterocycles. The Balaban J connectivity index is 1.72. The molecule has 0 aliphatic carbocycles. The number of hydrogen-bond donors (Lipinski definition) is 2. The van der Waals surface area contributed by atoms with Crippen LogP contribution >= 0.6 is 0 Å². The van der Waals surface area contributed by atoms with Crippen LogP contribution in [0.3, 0.4) is 0 Å². The number of amides is 1. The predicted octanol–water partition coefficient (Wildman–Crippen LogP) is 0.755. The Kier molecular flexibility index (Phi) is 2.95. The van der Waals surface area contributed by atoms with Crippen molar-refractivity contribution in [1.82, 2.24) is 10.3 Å². The highest BCUT2D eigenvalue weighted by Gasteiger charge is 2.21. The molecule has 1 aliphatic rings. The van der Waals surface area contributed by atoms with E-state index in [0.29, 0.717) is 24.4 Å². The second-order valence-electron chi connectivity index (χ2n) is 4.09. The van der Waals surface area contributed by atoms with E-state index in [2.05, 4.69) is 15.6 Å². The number of ether oxygens (including phenoxy) is 1. The number of carbonyl (C=O) groups is 1. The fourth-order valence-electron chi connectivity index (χ4n) is 1.89. The molecular formula is C12H13N3O3. The van der Waals surface area contributed by atoms with Crippen molar-refractivity contribution in [3.05, 3.63) is 24.6 Å². The molecule has 0 radical (unpaired) electrons. The van der Waals surface area contributed by atoms with E-state index in [9.17, 15) is 4.79 Å². The molecule has 3 rings (SSSR count). The number of benzene rings is 1. The molecular weight excluding hydrogens is 234 g/mol. The van der Waals surface area contributed by atoms with Gasteiger partial charge in [0.25, 0.3) is 5.91 Å². The highest BCUT2D eigenvalue weighted by Crippen LogP contribution is 2.18. The second-order valence-corrected chi connectivity index (χ2v) is 4.09. The highest BCUT2D eigenvalue weighted by molar-refractivity contribution is 5.95. The van der Waals surface area contributed by atoms with E-state index in [1.807, 2.05) is 0 Å². The molecule has 94 valence electrons. The number of rotatable bonds is 2. The number of anilines is 1. The van der Waals surface area contributed by atoms with Gasteiger partial charge in [0.1, 0.15) is 11.6 Å². The molecule has 1 fully saturated rings. The molecule has 2 heterocycles. The van der Waals surface area contributed by atoms with E-state index in [1.54, 1.807) is 18.2 Å². The Morgan fingerprint density at radius 3 is 3.28 bits per heavy atom. The van der Waals surface area contributed by atoms with E-state index in [1.165, 1.54) is 6.39 Å². The molecule has 1 aromatic carbocycles. The van der Waals surface area contributed by atoms with Crippen LogP contribution in [0.1, 0.15) is 0 Å². The quantitative estimate of drug-likeness (QED) is 0.819. The van der Waals surface area contributed by atoms with Crippen molar-refractivity contribution in [3.63, 3.8) is 0 Å². The summed E-state index contributed by atoms with van der Waals surface area (Å²) in [6.45, 7) is 1.88. The van der Waals surface area contributed by atoms with E-state index in [0.717, 1.165) is 12.1 Å². The number of oxazole rings is 1. The van der Waals surface area contributed by atoms with Gasteiger partial charge in [0.05, 0.1) is 6.61 Å². The van der Waals surface area contributed by atoms with Crippen molar-refractivity contribution in [1.29, 1.82) is 0 Å². The Hall–Kier alpha value is -1.92. The number of aromatic nitrogens is 1. The van der Waals surface area contributed by atoms with Crippen LogP contribution in [0.25, 0.3) is 11.1 Å². The molecule has 1 unspecified atom stereocenters. The van der Waals surface area contributed by atoms with Crippen LogP contribution in [-0.4, -0.2) is 36.7 Å². The van der Waals surface area contributed by atoms with Gasteiger partial charge in [0.15, 0.2) is 12.0 Å². The molecule has 0 spiro atoms. The topological polar surface area (TPSA) is 76.4 Å². The first kappa shape index (κ1) is 11.2. The van der Waals surface area contributed by atoms with Crippen LogP contribution in [-0.2, 0) is 9.53 Å². The zero-order valence-electron chi connectivity index (χ0n) is 9.68. The van der Waals surface area contributed by atoms with Crippen molar-refractivity contribution in [2.24, 2.45) is 0 Å². The minimum absolute atomic E-state index is 0.152. The van der Waals surface area contributed by atoms with Crippen molar-refractivity contribution in [3.8, 4) is 0 Å². The molecule has 6 heteroatoms. The van der Waals surface area contributed by atoms with Gasteiger partial charge >= 0.3 is 0 Å². The van der Waals surface area contributed by atoms with Gasteiger partial charge < -0.3 is 19.8 Å². The van der Waals surface area contributed by atoms with Gasteiger partial charge in [-0.15, -0.1) is 0 Å². The number of nitrogens with zero attached hydrogens (tertiary/aromatic N) is 1. The first-order valence-corrected chi connectivity index (χ1v) is 5.79. The number of carbonyl (C=O) groups excluding carboxylic acids is 1. The molecule has 1 atom stereocenters. The lowest BCUT2D eigenvalue weighted by atomic mass is 10.2. The van der Waals surface area contributed by atoms with Gasteiger partial charge in [-0.1, -0.05) is 0 Å². The summed E-state index contributed by atoms with van der Waals surface area (Å²) in [6.07, 6.45) is 0.939. The Morgan fingerprint density at radius 2 is 2.44 bits per heavy atom. The van der Waals surface area contributed by atoms with Crippen LogP contribution in [0.15, 0.2) is 29.0 Å². The van der Waals surface area contributed by atoms with Gasteiger partial charge in [-0.05, 0) is 12.1 Å². The largest absolute Gasteiger partial charge is 0.443 e. The number of nitrogens with one attached hydrogen (secondary N) is 2. The van der Waals surface area contributed by atoms with E-state index < -0.39 is 6.10 Å². The van der Waals surface area contributed by atoms with E-state index in [-0.39, 0.29) is 5.91 Å². The molecule has 1 amide bonds. The van der Waals surface area contributed by atoms with E-state index in [4.69, 9.17) is 9.15 Å². The molecule has 18 heavy (non-hydrogen) atoms. The lowest BCUT2D eigenvalue weighted by molar-refractivity contribution is -0.128. The van der Waals surface area contributed by atoms with Crippen LogP contribution in [0.5, 0.6) is 0 Å². The van der Waals surface area contributed by atoms with Crippen molar-refractivity contribution in [2.75, 3.05) is 25.0 Å². The molecule has 2 N–H and O–H groups in total. The summed E-state index contributed by atoms with van der Waals surface area (Å²) in [5.41, 5.74) is 2.09. The zero-order chi connectivity index (χ0) is 12.4. The third-order valence-electron chi connectivity index (χ3n) is 2.82. The summed E-state index contributed by atoms with van der Waals surface area (Å²) in [5, 5.41) is 5.91. The molecule has 1 aliphatic heterocycles. The molecule has 2 aromatic rings.